The number of ether oxygens (including phenoxy) is 1. The van der Waals surface area contributed by atoms with Gasteiger partial charge < -0.3 is 10.1 Å². The number of carbonyl (C=O) groups is 1. The largest absolute Gasteiger partial charge is 0.383 e. The number of rotatable bonds is 7. The summed E-state index contributed by atoms with van der Waals surface area (Å²) >= 11 is 1.67. The van der Waals surface area contributed by atoms with Gasteiger partial charge in [0.05, 0.1) is 19.2 Å². The highest BCUT2D eigenvalue weighted by Crippen LogP contribution is 2.09. The first-order valence-corrected chi connectivity index (χ1v) is 8.34. The van der Waals surface area contributed by atoms with Crippen molar-refractivity contribution in [1.82, 2.24) is 15.1 Å². The Bertz CT molecular complexity index is 417. The second kappa shape index (κ2) is 8.48. The highest BCUT2D eigenvalue weighted by Gasteiger charge is 2.25. The van der Waals surface area contributed by atoms with Gasteiger partial charge in [0.25, 0.3) is 0 Å². The molecule has 1 aromatic rings. The standard InChI is InChI=1S/C15H25N3O2S/c1-13(15(19)16-12-14-4-3-11-21-14)18-7-5-17(6-8-18)9-10-20-2/h3-4,11,13H,5-10,12H2,1-2H3,(H,16,19). The third kappa shape index (κ3) is 5.07. The normalized spacial score (nSPS) is 18.6. The molecule has 1 atom stereocenters. The van der Waals surface area contributed by atoms with Crippen LogP contribution >= 0.6 is 11.3 Å². The Labute approximate surface area is 130 Å². The molecule has 2 heterocycles. The van der Waals surface area contributed by atoms with Crippen LogP contribution in [-0.4, -0.2) is 68.2 Å². The van der Waals surface area contributed by atoms with Crippen LogP contribution in [0.2, 0.25) is 0 Å². The summed E-state index contributed by atoms with van der Waals surface area (Å²) in [6.07, 6.45) is 0. The molecule has 1 N–H and O–H groups in total. The number of thiophene rings is 1. The molecule has 1 unspecified atom stereocenters. The van der Waals surface area contributed by atoms with E-state index in [9.17, 15) is 4.79 Å². The maximum absolute atomic E-state index is 12.2. The summed E-state index contributed by atoms with van der Waals surface area (Å²) in [5.41, 5.74) is 0. The van der Waals surface area contributed by atoms with Gasteiger partial charge in [0, 0.05) is 44.7 Å². The zero-order valence-electron chi connectivity index (χ0n) is 12.9. The van der Waals surface area contributed by atoms with Gasteiger partial charge in [-0.2, -0.15) is 0 Å². The predicted molar refractivity (Wildman–Crippen MR) is 85.5 cm³/mol. The van der Waals surface area contributed by atoms with Crippen LogP contribution in [0.1, 0.15) is 11.8 Å². The topological polar surface area (TPSA) is 44.8 Å². The lowest BCUT2D eigenvalue weighted by molar-refractivity contribution is -0.126. The number of amides is 1. The first kappa shape index (κ1) is 16.4. The van der Waals surface area contributed by atoms with Crippen LogP contribution in [0.25, 0.3) is 0 Å². The van der Waals surface area contributed by atoms with Gasteiger partial charge in [0.1, 0.15) is 0 Å². The molecule has 1 saturated heterocycles. The number of hydrogen-bond donors (Lipinski definition) is 1. The van der Waals surface area contributed by atoms with Crippen LogP contribution in [0.3, 0.4) is 0 Å². The molecule has 6 heteroatoms. The van der Waals surface area contributed by atoms with Crippen molar-refractivity contribution in [2.24, 2.45) is 0 Å². The average Bonchev–Trinajstić information content (AvgIpc) is 3.04. The Morgan fingerprint density at radius 3 is 2.81 bits per heavy atom. The van der Waals surface area contributed by atoms with E-state index in [0.717, 1.165) is 39.3 Å². The fourth-order valence-corrected chi connectivity index (χ4v) is 3.14. The molecule has 1 amide bonds. The Balaban J connectivity index is 1.70. The number of carbonyl (C=O) groups excluding carboxylic acids is 1. The summed E-state index contributed by atoms with van der Waals surface area (Å²) in [4.78, 5) is 18.0. The molecule has 1 aliphatic heterocycles. The monoisotopic (exact) mass is 311 g/mol. The van der Waals surface area contributed by atoms with E-state index in [-0.39, 0.29) is 11.9 Å². The fraction of sp³-hybridized carbons (Fsp3) is 0.667. The Hall–Kier alpha value is -0.950. The van der Waals surface area contributed by atoms with Gasteiger partial charge in [0.2, 0.25) is 5.91 Å². The fourth-order valence-electron chi connectivity index (χ4n) is 2.50. The molecule has 0 radical (unpaired) electrons. The lowest BCUT2D eigenvalue weighted by atomic mass is 10.2. The molecule has 118 valence electrons. The Morgan fingerprint density at radius 1 is 1.43 bits per heavy atom. The molecule has 1 aliphatic rings. The second-order valence-corrected chi connectivity index (χ2v) is 6.38. The third-order valence-electron chi connectivity index (χ3n) is 3.96. The van der Waals surface area contributed by atoms with Crippen molar-refractivity contribution in [3.05, 3.63) is 22.4 Å². The summed E-state index contributed by atoms with van der Waals surface area (Å²) in [5, 5.41) is 5.06. The Morgan fingerprint density at radius 2 is 2.19 bits per heavy atom. The smallest absolute Gasteiger partial charge is 0.237 e. The molecule has 0 aromatic carbocycles. The third-order valence-corrected chi connectivity index (χ3v) is 4.84. The van der Waals surface area contributed by atoms with Crippen molar-refractivity contribution in [2.45, 2.75) is 19.5 Å². The molecule has 1 fully saturated rings. The van der Waals surface area contributed by atoms with E-state index in [1.54, 1.807) is 18.4 Å². The average molecular weight is 311 g/mol. The maximum Gasteiger partial charge on any atom is 0.237 e. The number of piperazine rings is 1. The summed E-state index contributed by atoms with van der Waals surface area (Å²) in [7, 11) is 1.73. The second-order valence-electron chi connectivity index (χ2n) is 5.34. The molecule has 1 aromatic heterocycles. The van der Waals surface area contributed by atoms with Crippen molar-refractivity contribution in [2.75, 3.05) is 46.4 Å². The molecule has 0 bridgehead atoms. The minimum absolute atomic E-state index is 0.0606. The molecular formula is C15H25N3O2S. The number of methoxy groups -OCH3 is 1. The van der Waals surface area contributed by atoms with Crippen LogP contribution in [0.15, 0.2) is 17.5 Å². The van der Waals surface area contributed by atoms with Crippen molar-refractivity contribution < 1.29 is 9.53 Å². The number of nitrogens with zero attached hydrogens (tertiary/aromatic N) is 2. The zero-order chi connectivity index (χ0) is 15.1. The van der Waals surface area contributed by atoms with Gasteiger partial charge in [-0.15, -0.1) is 11.3 Å². The van der Waals surface area contributed by atoms with E-state index in [4.69, 9.17) is 4.74 Å². The molecule has 0 aliphatic carbocycles. The van der Waals surface area contributed by atoms with Gasteiger partial charge in [-0.05, 0) is 18.4 Å². The maximum atomic E-state index is 12.2. The number of nitrogens with one attached hydrogen (secondary N) is 1. The van der Waals surface area contributed by atoms with Crippen LogP contribution in [0.5, 0.6) is 0 Å². The summed E-state index contributed by atoms with van der Waals surface area (Å²) < 4.78 is 5.11. The van der Waals surface area contributed by atoms with Crippen LogP contribution in [-0.2, 0) is 16.1 Å². The van der Waals surface area contributed by atoms with E-state index >= 15 is 0 Å². The SMILES string of the molecule is COCCN1CCN(C(C)C(=O)NCc2cccs2)CC1. The van der Waals surface area contributed by atoms with Crippen LogP contribution in [0.4, 0.5) is 0 Å². The van der Waals surface area contributed by atoms with Gasteiger partial charge in [0.15, 0.2) is 0 Å². The first-order valence-electron chi connectivity index (χ1n) is 7.46. The number of hydrogen-bond acceptors (Lipinski definition) is 5. The minimum Gasteiger partial charge on any atom is -0.383 e. The molecule has 21 heavy (non-hydrogen) atoms. The lowest BCUT2D eigenvalue weighted by Crippen LogP contribution is -2.54. The predicted octanol–water partition coefficient (Wildman–Crippen LogP) is 1.02. The van der Waals surface area contributed by atoms with E-state index < -0.39 is 0 Å². The van der Waals surface area contributed by atoms with Gasteiger partial charge in [-0.3, -0.25) is 14.6 Å². The minimum atomic E-state index is -0.0606. The first-order chi connectivity index (χ1) is 10.2. The van der Waals surface area contributed by atoms with Crippen LogP contribution < -0.4 is 5.32 Å². The van der Waals surface area contributed by atoms with E-state index in [1.165, 1.54) is 4.88 Å². The van der Waals surface area contributed by atoms with Crippen LogP contribution in [0, 0.1) is 0 Å². The summed E-state index contributed by atoms with van der Waals surface area (Å²) in [6, 6.07) is 3.99. The van der Waals surface area contributed by atoms with Gasteiger partial charge in [-0.1, -0.05) is 6.07 Å². The molecule has 2 rings (SSSR count). The van der Waals surface area contributed by atoms with E-state index in [0.29, 0.717) is 6.54 Å². The Kier molecular flexibility index (Phi) is 6.63. The molecule has 0 saturated carbocycles. The van der Waals surface area contributed by atoms with Crippen molar-refractivity contribution in [3.63, 3.8) is 0 Å². The zero-order valence-corrected chi connectivity index (χ0v) is 13.7. The summed E-state index contributed by atoms with van der Waals surface area (Å²) in [5.74, 6) is 0.119. The van der Waals surface area contributed by atoms with Crippen molar-refractivity contribution >= 4 is 17.2 Å². The highest BCUT2D eigenvalue weighted by molar-refractivity contribution is 7.09. The lowest BCUT2D eigenvalue weighted by Gasteiger charge is -2.37. The van der Waals surface area contributed by atoms with Gasteiger partial charge in [-0.25, -0.2) is 0 Å². The molecule has 5 nitrogen and oxygen atoms in total. The summed E-state index contributed by atoms with van der Waals surface area (Å²) in [6.45, 7) is 8.27. The van der Waals surface area contributed by atoms with Gasteiger partial charge >= 0.3 is 0 Å². The van der Waals surface area contributed by atoms with Crippen molar-refractivity contribution in [1.29, 1.82) is 0 Å². The molecular weight excluding hydrogens is 286 g/mol. The van der Waals surface area contributed by atoms with Crippen molar-refractivity contribution in [3.8, 4) is 0 Å². The molecule has 0 spiro atoms. The van der Waals surface area contributed by atoms with E-state index in [1.807, 2.05) is 24.4 Å². The quantitative estimate of drug-likeness (QED) is 0.816. The van der Waals surface area contributed by atoms with E-state index in [2.05, 4.69) is 15.1 Å². The highest BCUT2D eigenvalue weighted by atomic mass is 32.1.